The lowest BCUT2D eigenvalue weighted by Crippen LogP contribution is -2.43. The highest BCUT2D eigenvalue weighted by atomic mass is 15.2. The van der Waals surface area contributed by atoms with Crippen molar-refractivity contribution in [2.45, 2.75) is 7.43 Å². The Labute approximate surface area is 92.6 Å². The van der Waals surface area contributed by atoms with E-state index in [1.165, 1.54) is 11.3 Å². The Morgan fingerprint density at radius 2 is 1.73 bits per heavy atom. The lowest BCUT2D eigenvalue weighted by atomic mass is 10.2. The highest BCUT2D eigenvalue weighted by Gasteiger charge is 2.09. The van der Waals surface area contributed by atoms with Gasteiger partial charge in [0.25, 0.3) is 0 Å². The first-order chi connectivity index (χ1) is 6.90. The van der Waals surface area contributed by atoms with Crippen molar-refractivity contribution in [1.82, 2.24) is 5.32 Å². The van der Waals surface area contributed by atoms with Crippen molar-refractivity contribution in [3.63, 3.8) is 0 Å². The normalized spacial score (nSPS) is 15.6. The zero-order valence-corrected chi connectivity index (χ0v) is 8.37. The molecule has 82 valence electrons. The quantitative estimate of drug-likeness (QED) is 0.795. The Hall–Kier alpha value is -1.28. The van der Waals surface area contributed by atoms with Crippen LogP contribution < -0.4 is 10.2 Å². The summed E-state index contributed by atoms with van der Waals surface area (Å²) in [6.07, 6.45) is 1.88. The van der Waals surface area contributed by atoms with E-state index >= 15 is 0 Å². The molecule has 0 saturated carbocycles. The molecule has 1 heterocycles. The molecule has 15 heavy (non-hydrogen) atoms. The number of hydrogen-bond donors (Lipinski definition) is 1. The molecular formula is C13H20N2. The molecule has 1 N–H and O–H groups in total. The van der Waals surface area contributed by atoms with Crippen molar-refractivity contribution >= 4 is 11.8 Å². The number of hydrogen-bond acceptors (Lipinski definition) is 2. The third kappa shape index (κ3) is 2.83. The molecule has 1 aliphatic heterocycles. The van der Waals surface area contributed by atoms with Crippen LogP contribution in [0.15, 0.2) is 30.8 Å². The number of piperazine rings is 1. The fourth-order valence-electron chi connectivity index (χ4n) is 1.74. The van der Waals surface area contributed by atoms with Gasteiger partial charge in [-0.05, 0) is 17.7 Å². The van der Waals surface area contributed by atoms with Gasteiger partial charge in [0.15, 0.2) is 0 Å². The van der Waals surface area contributed by atoms with E-state index < -0.39 is 0 Å². The van der Waals surface area contributed by atoms with Crippen LogP contribution in [0.5, 0.6) is 0 Å². The molecule has 1 aromatic rings. The minimum absolute atomic E-state index is 0. The molecule has 1 saturated heterocycles. The van der Waals surface area contributed by atoms with E-state index in [-0.39, 0.29) is 7.43 Å². The van der Waals surface area contributed by atoms with Gasteiger partial charge in [0.05, 0.1) is 0 Å². The van der Waals surface area contributed by atoms with Gasteiger partial charge >= 0.3 is 0 Å². The van der Waals surface area contributed by atoms with Crippen LogP contribution >= 0.6 is 0 Å². The number of nitrogens with zero attached hydrogens (tertiary/aromatic N) is 1. The molecule has 0 radical (unpaired) electrons. The van der Waals surface area contributed by atoms with Crippen molar-refractivity contribution in [1.29, 1.82) is 0 Å². The smallest absolute Gasteiger partial charge is 0.0367 e. The van der Waals surface area contributed by atoms with Gasteiger partial charge in [0.1, 0.15) is 0 Å². The summed E-state index contributed by atoms with van der Waals surface area (Å²) in [6, 6.07) is 8.57. The zero-order valence-electron chi connectivity index (χ0n) is 8.37. The average Bonchev–Trinajstić information content (AvgIpc) is 2.30. The Kier molecular flexibility index (Phi) is 4.37. The number of nitrogens with one attached hydrogen (secondary N) is 1. The van der Waals surface area contributed by atoms with Crippen LogP contribution in [0.25, 0.3) is 6.08 Å². The molecule has 1 fully saturated rings. The van der Waals surface area contributed by atoms with Gasteiger partial charge in [-0.15, -0.1) is 0 Å². The number of benzene rings is 1. The second-order valence-corrected chi connectivity index (χ2v) is 3.53. The summed E-state index contributed by atoms with van der Waals surface area (Å²) in [7, 11) is 0. The van der Waals surface area contributed by atoms with E-state index in [1.807, 2.05) is 6.08 Å². The van der Waals surface area contributed by atoms with Crippen LogP contribution in [-0.2, 0) is 0 Å². The summed E-state index contributed by atoms with van der Waals surface area (Å²) in [5, 5.41) is 3.35. The second kappa shape index (κ2) is 5.56. The van der Waals surface area contributed by atoms with Crippen molar-refractivity contribution in [3.8, 4) is 0 Å². The summed E-state index contributed by atoms with van der Waals surface area (Å²) < 4.78 is 0. The SMILES string of the molecule is C.C=Cc1ccc(N2CCNCC2)cc1. The minimum Gasteiger partial charge on any atom is -0.369 e. The maximum atomic E-state index is 3.75. The zero-order chi connectivity index (χ0) is 9.80. The van der Waals surface area contributed by atoms with E-state index in [0.717, 1.165) is 26.2 Å². The Balaban J connectivity index is 0.00000112. The fourth-order valence-corrected chi connectivity index (χ4v) is 1.74. The minimum atomic E-state index is 0. The first-order valence-corrected chi connectivity index (χ1v) is 5.08. The molecule has 2 rings (SSSR count). The van der Waals surface area contributed by atoms with E-state index in [4.69, 9.17) is 0 Å². The lowest BCUT2D eigenvalue weighted by molar-refractivity contribution is 0.589. The molecule has 2 nitrogen and oxygen atoms in total. The third-order valence-corrected chi connectivity index (χ3v) is 2.61. The first kappa shape index (κ1) is 11.8. The van der Waals surface area contributed by atoms with E-state index in [9.17, 15) is 0 Å². The third-order valence-electron chi connectivity index (χ3n) is 2.61. The summed E-state index contributed by atoms with van der Waals surface area (Å²) in [4.78, 5) is 2.41. The lowest BCUT2D eigenvalue weighted by Gasteiger charge is -2.29. The topological polar surface area (TPSA) is 15.3 Å². The second-order valence-electron chi connectivity index (χ2n) is 3.53. The van der Waals surface area contributed by atoms with Gasteiger partial charge in [-0.2, -0.15) is 0 Å². The molecule has 1 aromatic carbocycles. The van der Waals surface area contributed by atoms with Crippen molar-refractivity contribution in [2.24, 2.45) is 0 Å². The monoisotopic (exact) mass is 204 g/mol. The average molecular weight is 204 g/mol. The van der Waals surface area contributed by atoms with E-state index in [1.54, 1.807) is 0 Å². The van der Waals surface area contributed by atoms with Gasteiger partial charge in [-0.1, -0.05) is 32.2 Å². The molecule has 0 unspecified atom stereocenters. The molecule has 0 atom stereocenters. The summed E-state index contributed by atoms with van der Waals surface area (Å²) >= 11 is 0. The number of rotatable bonds is 2. The van der Waals surface area contributed by atoms with Crippen LogP contribution in [0.1, 0.15) is 13.0 Å². The largest absolute Gasteiger partial charge is 0.369 e. The number of anilines is 1. The molecular weight excluding hydrogens is 184 g/mol. The summed E-state index contributed by atoms with van der Waals surface area (Å²) in [5.74, 6) is 0. The summed E-state index contributed by atoms with van der Waals surface area (Å²) in [5.41, 5.74) is 2.50. The Morgan fingerprint density at radius 3 is 2.27 bits per heavy atom. The highest BCUT2D eigenvalue weighted by Crippen LogP contribution is 2.15. The van der Waals surface area contributed by atoms with Crippen LogP contribution in [0.3, 0.4) is 0 Å². The predicted octanol–water partition coefficient (Wildman–Crippen LogP) is 2.38. The molecule has 0 spiro atoms. The highest BCUT2D eigenvalue weighted by molar-refractivity contribution is 5.55. The van der Waals surface area contributed by atoms with Crippen LogP contribution in [0.4, 0.5) is 5.69 Å². The molecule has 1 aliphatic rings. The van der Waals surface area contributed by atoms with E-state index in [2.05, 4.69) is 41.1 Å². The van der Waals surface area contributed by atoms with Crippen LogP contribution in [0.2, 0.25) is 0 Å². The van der Waals surface area contributed by atoms with Crippen molar-refractivity contribution in [2.75, 3.05) is 31.1 Å². The van der Waals surface area contributed by atoms with Crippen LogP contribution in [0, 0.1) is 0 Å². The van der Waals surface area contributed by atoms with Gasteiger partial charge in [-0.25, -0.2) is 0 Å². The van der Waals surface area contributed by atoms with E-state index in [0.29, 0.717) is 0 Å². The van der Waals surface area contributed by atoms with Gasteiger partial charge in [0.2, 0.25) is 0 Å². The summed E-state index contributed by atoms with van der Waals surface area (Å²) in [6.45, 7) is 8.13. The predicted molar refractivity (Wildman–Crippen MR) is 68.3 cm³/mol. The molecule has 0 bridgehead atoms. The molecule has 0 amide bonds. The molecule has 0 aromatic heterocycles. The maximum absolute atomic E-state index is 3.75. The van der Waals surface area contributed by atoms with Crippen LogP contribution in [-0.4, -0.2) is 26.2 Å². The van der Waals surface area contributed by atoms with Gasteiger partial charge < -0.3 is 10.2 Å². The fraction of sp³-hybridized carbons (Fsp3) is 0.385. The van der Waals surface area contributed by atoms with Crippen molar-refractivity contribution in [3.05, 3.63) is 36.4 Å². The Morgan fingerprint density at radius 1 is 1.13 bits per heavy atom. The molecule has 0 aliphatic carbocycles. The maximum Gasteiger partial charge on any atom is 0.0367 e. The Bertz CT molecular complexity index is 297. The van der Waals surface area contributed by atoms with Crippen molar-refractivity contribution < 1.29 is 0 Å². The molecule has 2 heteroatoms. The first-order valence-electron chi connectivity index (χ1n) is 5.08. The standard InChI is InChI=1S/C12H16N2.CH4/c1-2-11-3-5-12(6-4-11)14-9-7-13-8-10-14;/h2-6,13H,1,7-10H2;1H4. The van der Waals surface area contributed by atoms with Gasteiger partial charge in [-0.3, -0.25) is 0 Å². The van der Waals surface area contributed by atoms with Gasteiger partial charge in [0, 0.05) is 31.9 Å².